The number of carbonyl (C=O) groups excluding carboxylic acids is 1. The molecule has 0 aliphatic carbocycles. The third-order valence-electron chi connectivity index (χ3n) is 5.49. The van der Waals surface area contributed by atoms with Crippen LogP contribution in [0, 0.1) is 6.92 Å². The molecule has 0 spiro atoms. The second kappa shape index (κ2) is 7.19. The molecular weight excluding hydrogens is 342 g/mol. The van der Waals surface area contributed by atoms with Crippen molar-refractivity contribution in [2.24, 2.45) is 0 Å². The Bertz CT molecular complexity index is 887. The van der Waals surface area contributed by atoms with Crippen LogP contribution in [0.25, 0.3) is 11.8 Å². The summed E-state index contributed by atoms with van der Waals surface area (Å²) in [4.78, 5) is 19.0. The molecule has 3 heterocycles. The van der Waals surface area contributed by atoms with E-state index in [-0.39, 0.29) is 11.9 Å². The first-order valence-electron chi connectivity index (χ1n) is 9.45. The van der Waals surface area contributed by atoms with Crippen molar-refractivity contribution in [1.82, 2.24) is 14.5 Å². The molecule has 1 aromatic carbocycles. The minimum absolute atomic E-state index is 0.0233. The monoisotopic (exact) mass is 367 g/mol. The van der Waals surface area contributed by atoms with E-state index >= 15 is 0 Å². The molecule has 2 aromatic rings. The number of carbonyl (C=O) groups is 1. The van der Waals surface area contributed by atoms with Crippen molar-refractivity contribution in [3.63, 3.8) is 0 Å². The van der Waals surface area contributed by atoms with Crippen molar-refractivity contribution in [3.05, 3.63) is 47.6 Å². The average Bonchev–Trinajstić information content (AvgIpc) is 3.12. The molecule has 2 unspecified atom stereocenters. The lowest BCUT2D eigenvalue weighted by Gasteiger charge is -2.43. The van der Waals surface area contributed by atoms with Gasteiger partial charge in [0, 0.05) is 24.7 Å². The third-order valence-corrected chi connectivity index (χ3v) is 5.49. The number of hydrogen-bond donors (Lipinski definition) is 1. The lowest BCUT2D eigenvalue weighted by Crippen LogP contribution is -2.54. The predicted molar refractivity (Wildman–Crippen MR) is 103 cm³/mol. The van der Waals surface area contributed by atoms with Crippen molar-refractivity contribution >= 4 is 12.0 Å². The van der Waals surface area contributed by atoms with E-state index in [1.807, 2.05) is 46.9 Å². The van der Waals surface area contributed by atoms with Gasteiger partial charge in [0.15, 0.2) is 0 Å². The van der Waals surface area contributed by atoms with Crippen LogP contribution < -0.4 is 4.74 Å². The number of piperidine rings is 2. The molecule has 0 bridgehead atoms. The van der Waals surface area contributed by atoms with Gasteiger partial charge in [0.1, 0.15) is 5.75 Å². The number of aromatic nitrogens is 2. The Balaban J connectivity index is 1.64. The smallest absolute Gasteiger partial charge is 0.250 e. The van der Waals surface area contributed by atoms with Crippen LogP contribution >= 0.6 is 0 Å². The molecule has 0 saturated carbocycles. The number of aliphatic hydroxyl groups is 1. The fraction of sp³-hybridized carbons (Fsp3) is 0.429. The van der Waals surface area contributed by atoms with E-state index in [1.54, 1.807) is 13.4 Å². The van der Waals surface area contributed by atoms with Crippen LogP contribution in [0.5, 0.6) is 5.75 Å². The summed E-state index contributed by atoms with van der Waals surface area (Å²) < 4.78 is 7.47. The van der Waals surface area contributed by atoms with Crippen molar-refractivity contribution in [1.29, 1.82) is 0 Å². The van der Waals surface area contributed by atoms with Crippen LogP contribution in [0.4, 0.5) is 0 Å². The molecule has 2 aliphatic heterocycles. The van der Waals surface area contributed by atoms with E-state index in [9.17, 15) is 9.90 Å². The van der Waals surface area contributed by atoms with Gasteiger partial charge in [0.25, 0.3) is 0 Å². The zero-order valence-electron chi connectivity index (χ0n) is 15.8. The van der Waals surface area contributed by atoms with E-state index in [2.05, 4.69) is 4.98 Å². The summed E-state index contributed by atoms with van der Waals surface area (Å²) in [5, 5.41) is 10.5. The SMILES string of the molecule is COc1cc(C=C2CC(O)C3CCCCN3C2=O)ccc1-n1cnc(C)c1. The summed E-state index contributed by atoms with van der Waals surface area (Å²) in [6.45, 7) is 2.68. The first-order chi connectivity index (χ1) is 13.1. The molecular formula is C21H25N3O3. The lowest BCUT2D eigenvalue weighted by molar-refractivity contribution is -0.137. The van der Waals surface area contributed by atoms with Crippen LogP contribution in [0.15, 0.2) is 36.3 Å². The molecule has 0 radical (unpaired) electrons. The number of ether oxygens (including phenoxy) is 1. The second-order valence-corrected chi connectivity index (χ2v) is 7.36. The summed E-state index contributed by atoms with van der Waals surface area (Å²) in [7, 11) is 1.63. The van der Waals surface area contributed by atoms with Gasteiger partial charge < -0.3 is 19.3 Å². The molecule has 2 fully saturated rings. The number of rotatable bonds is 3. The normalized spacial score (nSPS) is 24.2. The fourth-order valence-corrected chi connectivity index (χ4v) is 4.11. The van der Waals surface area contributed by atoms with Gasteiger partial charge >= 0.3 is 0 Å². The van der Waals surface area contributed by atoms with Crippen molar-refractivity contribution in [3.8, 4) is 11.4 Å². The van der Waals surface area contributed by atoms with Crippen LogP contribution in [-0.2, 0) is 4.79 Å². The maximum Gasteiger partial charge on any atom is 0.250 e. The number of imidazole rings is 1. The maximum absolute atomic E-state index is 12.9. The van der Waals surface area contributed by atoms with Gasteiger partial charge in [-0.3, -0.25) is 4.79 Å². The highest BCUT2D eigenvalue weighted by atomic mass is 16.5. The summed E-state index contributed by atoms with van der Waals surface area (Å²) in [5.74, 6) is 0.764. The maximum atomic E-state index is 12.9. The first-order valence-corrected chi connectivity index (χ1v) is 9.45. The predicted octanol–water partition coefficient (Wildman–Crippen LogP) is 2.72. The molecule has 2 saturated heterocycles. The quantitative estimate of drug-likeness (QED) is 0.847. The standard InChI is InChI=1S/C21H25N3O3/c1-14-12-23(13-22-14)18-7-6-15(10-20(18)27-2)9-16-11-19(25)17-5-3-4-8-24(17)21(16)26/h6-7,9-10,12-13,17,19,25H,3-5,8,11H2,1-2H3. The van der Waals surface area contributed by atoms with Crippen molar-refractivity contribution in [2.45, 2.75) is 44.8 Å². The van der Waals surface area contributed by atoms with Gasteiger partial charge in [0.05, 0.1) is 37.0 Å². The molecule has 1 aromatic heterocycles. The van der Waals surface area contributed by atoms with Gasteiger partial charge in [-0.2, -0.15) is 0 Å². The van der Waals surface area contributed by atoms with E-state index in [0.29, 0.717) is 17.7 Å². The number of fused-ring (bicyclic) bond motifs is 1. The molecule has 142 valence electrons. The number of benzene rings is 1. The molecule has 1 amide bonds. The Morgan fingerprint density at radius 2 is 2.19 bits per heavy atom. The minimum Gasteiger partial charge on any atom is -0.495 e. The Morgan fingerprint density at radius 1 is 1.33 bits per heavy atom. The molecule has 2 atom stereocenters. The number of amides is 1. The number of methoxy groups -OCH3 is 1. The Hall–Kier alpha value is -2.60. The Morgan fingerprint density at radius 3 is 2.93 bits per heavy atom. The third kappa shape index (κ3) is 3.37. The minimum atomic E-state index is -0.482. The summed E-state index contributed by atoms with van der Waals surface area (Å²) in [6, 6.07) is 5.81. The van der Waals surface area contributed by atoms with E-state index in [0.717, 1.165) is 42.8 Å². The molecule has 2 aliphatic rings. The highest BCUT2D eigenvalue weighted by Crippen LogP contribution is 2.32. The molecule has 4 rings (SSSR count). The summed E-state index contributed by atoms with van der Waals surface area (Å²) in [6.07, 6.45) is 8.48. The Labute approximate surface area is 159 Å². The number of hydrogen-bond acceptors (Lipinski definition) is 4. The van der Waals surface area contributed by atoms with Crippen LogP contribution in [0.3, 0.4) is 0 Å². The van der Waals surface area contributed by atoms with E-state index in [1.165, 1.54) is 0 Å². The van der Waals surface area contributed by atoms with Crippen LogP contribution in [0.2, 0.25) is 0 Å². The van der Waals surface area contributed by atoms with Gasteiger partial charge in [-0.25, -0.2) is 4.98 Å². The fourth-order valence-electron chi connectivity index (χ4n) is 4.11. The number of aliphatic hydroxyl groups excluding tert-OH is 1. The zero-order valence-corrected chi connectivity index (χ0v) is 15.8. The van der Waals surface area contributed by atoms with Crippen molar-refractivity contribution in [2.75, 3.05) is 13.7 Å². The first kappa shape index (κ1) is 17.8. The second-order valence-electron chi connectivity index (χ2n) is 7.36. The molecule has 1 N–H and O–H groups in total. The van der Waals surface area contributed by atoms with E-state index < -0.39 is 6.10 Å². The molecule has 27 heavy (non-hydrogen) atoms. The van der Waals surface area contributed by atoms with Crippen LogP contribution in [-0.4, -0.2) is 51.3 Å². The number of aryl methyl sites for hydroxylation is 1. The average molecular weight is 367 g/mol. The molecule has 6 heteroatoms. The lowest BCUT2D eigenvalue weighted by atomic mass is 9.87. The zero-order chi connectivity index (χ0) is 19.0. The van der Waals surface area contributed by atoms with E-state index in [4.69, 9.17) is 4.74 Å². The highest BCUT2D eigenvalue weighted by molar-refractivity contribution is 5.99. The summed E-state index contributed by atoms with van der Waals surface area (Å²) in [5.41, 5.74) is 3.37. The molecule has 6 nitrogen and oxygen atoms in total. The van der Waals surface area contributed by atoms with Gasteiger partial charge in [0.2, 0.25) is 5.91 Å². The van der Waals surface area contributed by atoms with Gasteiger partial charge in [-0.15, -0.1) is 0 Å². The van der Waals surface area contributed by atoms with Crippen molar-refractivity contribution < 1.29 is 14.6 Å². The highest BCUT2D eigenvalue weighted by Gasteiger charge is 2.38. The van der Waals surface area contributed by atoms with Crippen LogP contribution in [0.1, 0.15) is 36.9 Å². The largest absolute Gasteiger partial charge is 0.495 e. The topological polar surface area (TPSA) is 67.6 Å². The Kier molecular flexibility index (Phi) is 4.74. The van der Waals surface area contributed by atoms with Gasteiger partial charge in [-0.1, -0.05) is 6.07 Å². The summed E-state index contributed by atoms with van der Waals surface area (Å²) >= 11 is 0. The number of nitrogens with zero attached hydrogens (tertiary/aromatic N) is 3. The van der Waals surface area contributed by atoms with Gasteiger partial charge in [-0.05, 0) is 50.0 Å².